The van der Waals surface area contributed by atoms with Crippen LogP contribution in [-0.4, -0.2) is 18.0 Å². The molecule has 0 bridgehead atoms. The van der Waals surface area contributed by atoms with Gasteiger partial charge in [-0.2, -0.15) is 0 Å². The number of amides is 1. The lowest BCUT2D eigenvalue weighted by Crippen LogP contribution is -2.10. The predicted molar refractivity (Wildman–Crippen MR) is 67.5 cm³/mol. The zero-order valence-electron chi connectivity index (χ0n) is 9.14. The highest BCUT2D eigenvalue weighted by atomic mass is 32.1. The van der Waals surface area contributed by atoms with E-state index in [1.807, 2.05) is 0 Å². The Labute approximate surface area is 102 Å². The van der Waals surface area contributed by atoms with Crippen LogP contribution in [0.25, 0.3) is 0 Å². The Morgan fingerprint density at radius 3 is 2.94 bits per heavy atom. The van der Waals surface area contributed by atoms with Crippen molar-refractivity contribution >= 4 is 28.6 Å². The number of hydrogen-bond acceptors (Lipinski definition) is 5. The zero-order valence-corrected chi connectivity index (χ0v) is 9.95. The lowest BCUT2D eigenvalue weighted by atomic mass is 10.2. The molecule has 0 aliphatic carbocycles. The van der Waals surface area contributed by atoms with Crippen molar-refractivity contribution in [3.8, 4) is 5.75 Å². The summed E-state index contributed by atoms with van der Waals surface area (Å²) < 4.78 is 5.03. The molecule has 17 heavy (non-hydrogen) atoms. The number of benzene rings is 1. The first kappa shape index (κ1) is 11.4. The van der Waals surface area contributed by atoms with E-state index in [-0.39, 0.29) is 5.91 Å². The van der Waals surface area contributed by atoms with Gasteiger partial charge in [0.2, 0.25) is 0 Å². The Morgan fingerprint density at radius 2 is 2.35 bits per heavy atom. The van der Waals surface area contributed by atoms with Gasteiger partial charge in [0.05, 0.1) is 24.5 Å². The molecule has 1 amide bonds. The fraction of sp³-hybridized carbons (Fsp3) is 0.0909. The Bertz CT molecular complexity index is 526. The third-order valence-corrected chi connectivity index (χ3v) is 2.92. The topological polar surface area (TPSA) is 77.2 Å². The summed E-state index contributed by atoms with van der Waals surface area (Å²) in [6.07, 6.45) is 1.52. The third-order valence-electron chi connectivity index (χ3n) is 2.14. The number of aromatic nitrogens is 1. The Hall–Kier alpha value is -2.08. The summed E-state index contributed by atoms with van der Waals surface area (Å²) >= 11 is 1.28. The number of nitrogens with two attached hydrogens (primary N) is 1. The van der Waals surface area contributed by atoms with Gasteiger partial charge in [-0.1, -0.05) is 0 Å². The zero-order chi connectivity index (χ0) is 12.3. The fourth-order valence-corrected chi connectivity index (χ4v) is 1.85. The lowest BCUT2D eigenvalue weighted by molar-refractivity contribution is 0.103. The summed E-state index contributed by atoms with van der Waals surface area (Å²) in [7, 11) is 1.54. The number of ether oxygens (including phenoxy) is 1. The number of nitrogen functional groups attached to an aromatic ring is 1. The summed E-state index contributed by atoms with van der Waals surface area (Å²) in [5.74, 6) is 0.387. The molecule has 5 nitrogen and oxygen atoms in total. The molecular formula is C11H11N3O2S. The van der Waals surface area contributed by atoms with Crippen molar-refractivity contribution in [2.75, 3.05) is 18.2 Å². The van der Waals surface area contributed by atoms with E-state index in [2.05, 4.69) is 10.3 Å². The van der Waals surface area contributed by atoms with Crippen molar-refractivity contribution in [1.29, 1.82) is 0 Å². The van der Waals surface area contributed by atoms with E-state index in [1.54, 1.807) is 30.8 Å². The smallest absolute Gasteiger partial charge is 0.267 e. The second-order valence-corrected chi connectivity index (χ2v) is 4.16. The average Bonchev–Trinajstić information content (AvgIpc) is 2.82. The molecule has 88 valence electrons. The number of carbonyl (C=O) groups excluding carboxylic acids is 1. The maximum absolute atomic E-state index is 11.7. The molecule has 0 fully saturated rings. The summed E-state index contributed by atoms with van der Waals surface area (Å²) in [5, 5.41) is 2.73. The number of anilines is 2. The lowest BCUT2D eigenvalue weighted by Gasteiger charge is -2.07. The van der Waals surface area contributed by atoms with E-state index < -0.39 is 0 Å². The van der Waals surface area contributed by atoms with Gasteiger partial charge in [-0.3, -0.25) is 9.78 Å². The van der Waals surface area contributed by atoms with Gasteiger partial charge in [0.25, 0.3) is 5.91 Å². The standard InChI is InChI=1S/C11H11N3O2S/c1-16-9-3-2-7(4-8(9)12)14-11(15)10-5-13-6-17-10/h2-6H,12H2,1H3,(H,14,15). The summed E-state index contributed by atoms with van der Waals surface area (Å²) in [6.45, 7) is 0. The molecule has 0 atom stereocenters. The molecule has 6 heteroatoms. The van der Waals surface area contributed by atoms with Crippen LogP contribution >= 0.6 is 11.3 Å². The summed E-state index contributed by atoms with van der Waals surface area (Å²) in [5.41, 5.74) is 8.46. The third kappa shape index (κ3) is 2.54. The van der Waals surface area contributed by atoms with Gasteiger partial charge < -0.3 is 15.8 Å². The highest BCUT2D eigenvalue weighted by Crippen LogP contribution is 2.24. The van der Waals surface area contributed by atoms with E-state index in [4.69, 9.17) is 10.5 Å². The van der Waals surface area contributed by atoms with E-state index in [0.29, 0.717) is 22.0 Å². The van der Waals surface area contributed by atoms with Crippen LogP contribution in [0.4, 0.5) is 11.4 Å². The van der Waals surface area contributed by atoms with Crippen LogP contribution < -0.4 is 15.8 Å². The Balaban J connectivity index is 2.14. The van der Waals surface area contributed by atoms with Gasteiger partial charge in [-0.15, -0.1) is 11.3 Å². The molecule has 3 N–H and O–H groups in total. The first-order chi connectivity index (χ1) is 8.20. The predicted octanol–water partition coefficient (Wildman–Crippen LogP) is 1.99. The molecule has 0 unspecified atom stereocenters. The summed E-state index contributed by atoms with van der Waals surface area (Å²) in [6, 6.07) is 5.09. The molecule has 1 aromatic carbocycles. The van der Waals surface area contributed by atoms with Crippen LogP contribution in [0.1, 0.15) is 9.67 Å². The number of thiazole rings is 1. The van der Waals surface area contributed by atoms with Gasteiger partial charge in [-0.25, -0.2) is 0 Å². The first-order valence-electron chi connectivity index (χ1n) is 4.84. The van der Waals surface area contributed by atoms with Crippen molar-refractivity contribution in [3.63, 3.8) is 0 Å². The molecule has 0 radical (unpaired) electrons. The fourth-order valence-electron chi connectivity index (χ4n) is 1.33. The van der Waals surface area contributed by atoms with E-state index in [1.165, 1.54) is 17.5 Å². The van der Waals surface area contributed by atoms with Crippen molar-refractivity contribution in [1.82, 2.24) is 4.98 Å². The van der Waals surface area contributed by atoms with Gasteiger partial charge >= 0.3 is 0 Å². The normalized spacial score (nSPS) is 9.94. The van der Waals surface area contributed by atoms with Crippen molar-refractivity contribution in [2.24, 2.45) is 0 Å². The molecule has 0 aliphatic rings. The van der Waals surface area contributed by atoms with Crippen LogP contribution in [0.5, 0.6) is 5.75 Å². The van der Waals surface area contributed by atoms with Crippen LogP contribution in [0.2, 0.25) is 0 Å². The molecule has 0 saturated heterocycles. The molecule has 0 spiro atoms. The molecule has 1 heterocycles. The molecule has 2 rings (SSSR count). The minimum absolute atomic E-state index is 0.197. The van der Waals surface area contributed by atoms with Crippen molar-refractivity contribution in [2.45, 2.75) is 0 Å². The number of hydrogen-bond donors (Lipinski definition) is 2. The van der Waals surface area contributed by atoms with Crippen LogP contribution in [0.3, 0.4) is 0 Å². The largest absolute Gasteiger partial charge is 0.495 e. The first-order valence-corrected chi connectivity index (χ1v) is 5.72. The SMILES string of the molecule is COc1ccc(NC(=O)c2cncs2)cc1N. The highest BCUT2D eigenvalue weighted by molar-refractivity contribution is 7.11. The van der Waals surface area contributed by atoms with Crippen LogP contribution in [0.15, 0.2) is 29.9 Å². The quantitative estimate of drug-likeness (QED) is 0.815. The number of nitrogens with one attached hydrogen (secondary N) is 1. The van der Waals surface area contributed by atoms with E-state index in [9.17, 15) is 4.79 Å². The van der Waals surface area contributed by atoms with Gasteiger partial charge in [-0.05, 0) is 18.2 Å². The molecule has 0 aliphatic heterocycles. The number of methoxy groups -OCH3 is 1. The van der Waals surface area contributed by atoms with Crippen molar-refractivity contribution < 1.29 is 9.53 Å². The second kappa shape index (κ2) is 4.84. The summed E-state index contributed by atoms with van der Waals surface area (Å²) in [4.78, 5) is 16.1. The van der Waals surface area contributed by atoms with Crippen molar-refractivity contribution in [3.05, 3.63) is 34.8 Å². The minimum Gasteiger partial charge on any atom is -0.495 e. The molecule has 2 aromatic rings. The second-order valence-electron chi connectivity index (χ2n) is 3.28. The van der Waals surface area contributed by atoms with Gasteiger partial charge in [0.15, 0.2) is 0 Å². The maximum Gasteiger partial charge on any atom is 0.267 e. The number of carbonyl (C=O) groups is 1. The average molecular weight is 249 g/mol. The Kier molecular flexibility index (Phi) is 3.24. The molecule has 0 saturated carbocycles. The van der Waals surface area contributed by atoms with Crippen LogP contribution in [0, 0.1) is 0 Å². The Morgan fingerprint density at radius 1 is 1.53 bits per heavy atom. The number of nitrogens with zero attached hydrogens (tertiary/aromatic N) is 1. The van der Waals surface area contributed by atoms with E-state index >= 15 is 0 Å². The monoisotopic (exact) mass is 249 g/mol. The van der Waals surface area contributed by atoms with E-state index in [0.717, 1.165) is 0 Å². The van der Waals surface area contributed by atoms with Gasteiger partial charge in [0.1, 0.15) is 10.6 Å². The highest BCUT2D eigenvalue weighted by Gasteiger charge is 2.08. The molecular weight excluding hydrogens is 238 g/mol. The maximum atomic E-state index is 11.7. The minimum atomic E-state index is -0.197. The molecule has 1 aromatic heterocycles. The van der Waals surface area contributed by atoms with Crippen LogP contribution in [-0.2, 0) is 0 Å². The van der Waals surface area contributed by atoms with Gasteiger partial charge in [0, 0.05) is 5.69 Å². The number of rotatable bonds is 3.